The van der Waals surface area contributed by atoms with E-state index in [1.165, 1.54) is 17.6 Å². The molecule has 0 aliphatic rings. The molecule has 2 amide bonds. The summed E-state index contributed by atoms with van der Waals surface area (Å²) in [6, 6.07) is 12.9. The lowest BCUT2D eigenvalue weighted by molar-refractivity contribution is 0.0911. The van der Waals surface area contributed by atoms with Gasteiger partial charge in [0.1, 0.15) is 10.7 Å². The molecule has 0 aliphatic heterocycles. The monoisotopic (exact) mass is 436 g/mol. The number of fused-ring (bicyclic) bond motifs is 1. The van der Waals surface area contributed by atoms with Crippen molar-refractivity contribution >= 4 is 33.4 Å². The van der Waals surface area contributed by atoms with Crippen LogP contribution < -0.4 is 16.2 Å². The molecule has 4 aromatic rings. The summed E-state index contributed by atoms with van der Waals surface area (Å²) in [7, 11) is 0. The maximum Gasteiger partial charge on any atom is 0.287 e. The molecule has 8 nitrogen and oxygen atoms in total. The fourth-order valence-corrected chi connectivity index (χ4v) is 4.32. The van der Waals surface area contributed by atoms with Crippen molar-refractivity contribution in [3.63, 3.8) is 0 Å². The Morgan fingerprint density at radius 1 is 1.06 bits per heavy atom. The van der Waals surface area contributed by atoms with Crippen LogP contribution in [-0.2, 0) is 6.42 Å². The molecule has 0 saturated heterocycles. The fourth-order valence-electron chi connectivity index (χ4n) is 3.21. The van der Waals surface area contributed by atoms with Crippen molar-refractivity contribution in [1.29, 1.82) is 0 Å². The number of aromatic amines is 1. The number of aryl methyl sites for hydroxylation is 1. The Hall–Kier alpha value is -3.72. The Labute approximate surface area is 181 Å². The largest absolute Gasteiger partial charge is 0.459 e. The predicted octanol–water partition coefficient (Wildman–Crippen LogP) is 2.64. The van der Waals surface area contributed by atoms with E-state index in [9.17, 15) is 14.4 Å². The number of nitrogens with one attached hydrogen (secondary N) is 3. The number of aromatic nitrogens is 2. The number of nitrogens with zero attached hydrogens (tertiary/aromatic N) is 1. The van der Waals surface area contributed by atoms with E-state index in [-0.39, 0.29) is 36.2 Å². The van der Waals surface area contributed by atoms with Crippen molar-refractivity contribution < 1.29 is 14.0 Å². The summed E-state index contributed by atoms with van der Waals surface area (Å²) in [5.74, 6) is 0.108. The van der Waals surface area contributed by atoms with Crippen molar-refractivity contribution in [2.75, 3.05) is 13.1 Å². The lowest BCUT2D eigenvalue weighted by Gasteiger charge is -2.05. The quantitative estimate of drug-likeness (QED) is 0.385. The average molecular weight is 436 g/mol. The van der Waals surface area contributed by atoms with E-state index in [0.717, 1.165) is 5.56 Å². The van der Waals surface area contributed by atoms with Crippen LogP contribution >= 0.6 is 11.3 Å². The third kappa shape index (κ3) is 4.56. The number of rotatable bonds is 7. The van der Waals surface area contributed by atoms with Crippen molar-refractivity contribution in [1.82, 2.24) is 20.6 Å². The van der Waals surface area contributed by atoms with Crippen LogP contribution in [0.1, 0.15) is 37.2 Å². The fraction of sp³-hybridized carbons (Fsp3) is 0.182. The van der Waals surface area contributed by atoms with Gasteiger partial charge in [0.25, 0.3) is 17.4 Å². The Kier molecular flexibility index (Phi) is 5.94. The summed E-state index contributed by atoms with van der Waals surface area (Å²) >= 11 is 1.19. The highest BCUT2D eigenvalue weighted by Gasteiger charge is 2.19. The van der Waals surface area contributed by atoms with Crippen LogP contribution in [0.2, 0.25) is 0 Å². The lowest BCUT2D eigenvalue weighted by Crippen LogP contribution is -2.34. The van der Waals surface area contributed by atoms with Gasteiger partial charge in [0.2, 0.25) is 0 Å². The smallest absolute Gasteiger partial charge is 0.287 e. The maximum atomic E-state index is 12.6. The van der Waals surface area contributed by atoms with Crippen LogP contribution in [0.25, 0.3) is 10.2 Å². The zero-order chi connectivity index (χ0) is 21.8. The third-order valence-electron chi connectivity index (χ3n) is 4.71. The second-order valence-electron chi connectivity index (χ2n) is 6.90. The molecule has 0 aliphatic carbocycles. The van der Waals surface area contributed by atoms with E-state index >= 15 is 0 Å². The number of amides is 2. The van der Waals surface area contributed by atoms with Gasteiger partial charge in [-0.25, -0.2) is 4.98 Å². The minimum atomic E-state index is -0.348. The molecular weight excluding hydrogens is 416 g/mol. The Balaban J connectivity index is 1.44. The first-order valence-corrected chi connectivity index (χ1v) is 10.5. The number of benzene rings is 1. The van der Waals surface area contributed by atoms with E-state index in [1.54, 1.807) is 19.1 Å². The number of H-pyrrole nitrogens is 1. The maximum absolute atomic E-state index is 12.6. The molecule has 4 rings (SSSR count). The second-order valence-corrected chi connectivity index (χ2v) is 7.90. The minimum absolute atomic E-state index is 0.211. The molecular formula is C22H20N4O4S. The van der Waals surface area contributed by atoms with Crippen LogP contribution in [0.15, 0.2) is 57.9 Å². The Bertz CT molecular complexity index is 1280. The number of furan rings is 1. The molecule has 31 heavy (non-hydrogen) atoms. The molecule has 3 aromatic heterocycles. The van der Waals surface area contributed by atoms with Gasteiger partial charge in [-0.2, -0.15) is 0 Å². The van der Waals surface area contributed by atoms with Crippen molar-refractivity contribution in [3.8, 4) is 0 Å². The van der Waals surface area contributed by atoms with Crippen molar-refractivity contribution in [3.05, 3.63) is 86.7 Å². The predicted molar refractivity (Wildman–Crippen MR) is 118 cm³/mol. The summed E-state index contributed by atoms with van der Waals surface area (Å²) in [5, 5.41) is 5.85. The number of thiophene rings is 1. The lowest BCUT2D eigenvalue weighted by atomic mass is 10.1. The summed E-state index contributed by atoms with van der Waals surface area (Å²) in [6.45, 7) is 2.22. The van der Waals surface area contributed by atoms with E-state index in [1.807, 2.05) is 30.3 Å². The van der Waals surface area contributed by atoms with Crippen LogP contribution in [0, 0.1) is 6.92 Å². The van der Waals surface area contributed by atoms with Crippen molar-refractivity contribution in [2.45, 2.75) is 13.3 Å². The highest BCUT2D eigenvalue weighted by Crippen LogP contribution is 2.27. The van der Waals surface area contributed by atoms with Gasteiger partial charge in [-0.15, -0.1) is 11.3 Å². The van der Waals surface area contributed by atoms with Gasteiger partial charge < -0.3 is 20.0 Å². The molecule has 1 aromatic carbocycles. The first-order valence-electron chi connectivity index (χ1n) is 9.69. The van der Waals surface area contributed by atoms with Crippen LogP contribution in [0.5, 0.6) is 0 Å². The molecule has 9 heteroatoms. The van der Waals surface area contributed by atoms with Gasteiger partial charge in [0.05, 0.1) is 16.5 Å². The van der Waals surface area contributed by atoms with E-state index < -0.39 is 0 Å². The van der Waals surface area contributed by atoms with Gasteiger partial charge in [0, 0.05) is 19.5 Å². The standard InChI is InChI=1S/C22H20N4O4S/c1-13-17-20(28)25-16(12-14-6-3-2-4-7-14)26-22(17)31-18(13)21(29)24-10-9-23-19(27)15-8-5-11-30-15/h2-8,11H,9-10,12H2,1H3,(H,23,27)(H,24,29)(H,25,26,28). The highest BCUT2D eigenvalue weighted by molar-refractivity contribution is 7.20. The summed E-state index contributed by atoms with van der Waals surface area (Å²) in [5.41, 5.74) is 1.37. The van der Waals surface area contributed by atoms with E-state index in [2.05, 4.69) is 20.6 Å². The third-order valence-corrected chi connectivity index (χ3v) is 5.90. The summed E-state index contributed by atoms with van der Waals surface area (Å²) in [4.78, 5) is 45.4. The van der Waals surface area contributed by atoms with E-state index in [4.69, 9.17) is 4.42 Å². The highest BCUT2D eigenvalue weighted by atomic mass is 32.1. The Morgan fingerprint density at radius 2 is 1.81 bits per heavy atom. The molecule has 0 bridgehead atoms. The van der Waals surface area contributed by atoms with Crippen LogP contribution in [0.4, 0.5) is 0 Å². The number of hydrogen-bond donors (Lipinski definition) is 3. The zero-order valence-electron chi connectivity index (χ0n) is 16.7. The molecule has 0 fully saturated rings. The van der Waals surface area contributed by atoms with Gasteiger partial charge in [0.15, 0.2) is 5.76 Å². The number of carbonyl (C=O) groups excluding carboxylic acids is 2. The van der Waals surface area contributed by atoms with Crippen LogP contribution in [0.3, 0.4) is 0 Å². The molecule has 0 saturated carbocycles. The van der Waals surface area contributed by atoms with Crippen molar-refractivity contribution in [2.24, 2.45) is 0 Å². The normalized spacial score (nSPS) is 10.9. The van der Waals surface area contributed by atoms with Gasteiger partial charge >= 0.3 is 0 Å². The SMILES string of the molecule is Cc1c(C(=O)NCCNC(=O)c2ccco2)sc2nc(Cc3ccccc3)[nH]c(=O)c12. The van der Waals surface area contributed by atoms with E-state index in [0.29, 0.717) is 32.9 Å². The van der Waals surface area contributed by atoms with Gasteiger partial charge in [-0.05, 0) is 30.2 Å². The molecule has 3 heterocycles. The van der Waals surface area contributed by atoms with Gasteiger partial charge in [-0.3, -0.25) is 14.4 Å². The molecule has 0 spiro atoms. The first-order chi connectivity index (χ1) is 15.0. The first kappa shape index (κ1) is 20.5. The molecule has 3 N–H and O–H groups in total. The second kappa shape index (κ2) is 8.97. The number of hydrogen-bond acceptors (Lipinski definition) is 6. The Morgan fingerprint density at radius 3 is 2.52 bits per heavy atom. The average Bonchev–Trinajstić information content (AvgIpc) is 3.40. The van der Waals surface area contributed by atoms with Crippen LogP contribution in [-0.4, -0.2) is 34.9 Å². The van der Waals surface area contributed by atoms with Gasteiger partial charge in [-0.1, -0.05) is 30.3 Å². The molecule has 0 unspecified atom stereocenters. The zero-order valence-corrected chi connectivity index (χ0v) is 17.5. The topological polar surface area (TPSA) is 117 Å². The summed E-state index contributed by atoms with van der Waals surface area (Å²) in [6.07, 6.45) is 1.92. The summed E-state index contributed by atoms with van der Waals surface area (Å²) < 4.78 is 5.01. The molecule has 158 valence electrons. The minimum Gasteiger partial charge on any atom is -0.459 e. The molecule has 0 atom stereocenters. The molecule has 0 radical (unpaired) electrons. The number of carbonyl (C=O) groups is 2.